The van der Waals surface area contributed by atoms with Gasteiger partial charge in [0, 0.05) is 10.9 Å². The third-order valence-corrected chi connectivity index (χ3v) is 2.95. The highest BCUT2D eigenvalue weighted by Crippen LogP contribution is 2.18. The molecule has 0 aliphatic heterocycles. The van der Waals surface area contributed by atoms with E-state index in [1.807, 2.05) is 31.2 Å². The fourth-order valence-electron chi connectivity index (χ4n) is 1.34. The minimum absolute atomic E-state index is 0.222. The molecule has 2 aromatic rings. The highest BCUT2D eigenvalue weighted by atomic mass is 79.9. The number of aromatic nitrogens is 2. The normalized spacial score (nSPS) is 12.7. The third-order valence-electron chi connectivity index (χ3n) is 2.18. The Morgan fingerprint density at radius 1 is 1.44 bits per heavy atom. The maximum absolute atomic E-state index is 5.64. The quantitative estimate of drug-likeness (QED) is 0.939. The van der Waals surface area contributed by atoms with Crippen LogP contribution in [-0.4, -0.2) is 10.1 Å². The van der Waals surface area contributed by atoms with E-state index >= 15 is 0 Å². The van der Waals surface area contributed by atoms with Crippen molar-refractivity contribution in [2.45, 2.75) is 19.4 Å². The number of hydrogen-bond donors (Lipinski definition) is 1. The van der Waals surface area contributed by atoms with Gasteiger partial charge in [0.2, 0.25) is 5.89 Å². The standard InChI is InChI=1S/C11H12BrN3O/c1-7(13)11-14-10(15-16-11)6-8-4-2-3-5-9(8)12/h2-5,7H,6,13H2,1H3/t7-/m1/s1. The van der Waals surface area contributed by atoms with Crippen molar-refractivity contribution in [2.75, 3.05) is 0 Å². The molecule has 1 atom stereocenters. The van der Waals surface area contributed by atoms with E-state index in [9.17, 15) is 0 Å². The molecule has 1 heterocycles. The zero-order valence-electron chi connectivity index (χ0n) is 8.85. The van der Waals surface area contributed by atoms with E-state index in [2.05, 4.69) is 26.1 Å². The second-order valence-corrected chi connectivity index (χ2v) is 4.46. The second-order valence-electron chi connectivity index (χ2n) is 3.61. The van der Waals surface area contributed by atoms with Gasteiger partial charge in [0.25, 0.3) is 0 Å². The van der Waals surface area contributed by atoms with Crippen molar-refractivity contribution in [1.29, 1.82) is 0 Å². The molecule has 0 spiro atoms. The van der Waals surface area contributed by atoms with Crippen LogP contribution in [-0.2, 0) is 6.42 Å². The fraction of sp³-hybridized carbons (Fsp3) is 0.273. The van der Waals surface area contributed by atoms with Crippen molar-refractivity contribution in [1.82, 2.24) is 10.1 Å². The van der Waals surface area contributed by atoms with Crippen molar-refractivity contribution in [3.05, 3.63) is 46.0 Å². The van der Waals surface area contributed by atoms with Crippen molar-refractivity contribution in [3.63, 3.8) is 0 Å². The lowest BCUT2D eigenvalue weighted by atomic mass is 10.1. The van der Waals surface area contributed by atoms with E-state index in [-0.39, 0.29) is 6.04 Å². The smallest absolute Gasteiger partial charge is 0.243 e. The number of nitrogens with zero attached hydrogens (tertiary/aromatic N) is 2. The van der Waals surface area contributed by atoms with Gasteiger partial charge in [-0.05, 0) is 18.6 Å². The molecule has 0 bridgehead atoms. The van der Waals surface area contributed by atoms with Gasteiger partial charge in [0.15, 0.2) is 5.82 Å². The van der Waals surface area contributed by atoms with Crippen molar-refractivity contribution >= 4 is 15.9 Å². The highest BCUT2D eigenvalue weighted by molar-refractivity contribution is 9.10. The van der Waals surface area contributed by atoms with E-state index in [4.69, 9.17) is 10.3 Å². The average Bonchev–Trinajstić information content (AvgIpc) is 2.70. The van der Waals surface area contributed by atoms with Gasteiger partial charge in [0.1, 0.15) is 0 Å². The van der Waals surface area contributed by atoms with Crippen LogP contribution in [0.4, 0.5) is 0 Å². The summed E-state index contributed by atoms with van der Waals surface area (Å²) >= 11 is 3.48. The van der Waals surface area contributed by atoms with Crippen LogP contribution in [0.3, 0.4) is 0 Å². The van der Waals surface area contributed by atoms with Crippen molar-refractivity contribution in [3.8, 4) is 0 Å². The molecule has 0 unspecified atom stereocenters. The highest BCUT2D eigenvalue weighted by Gasteiger charge is 2.11. The molecule has 2 N–H and O–H groups in total. The summed E-state index contributed by atoms with van der Waals surface area (Å²) in [6.45, 7) is 1.82. The lowest BCUT2D eigenvalue weighted by Gasteiger charge is -1.99. The summed E-state index contributed by atoms with van der Waals surface area (Å²) in [5, 5.41) is 3.89. The van der Waals surface area contributed by atoms with Crippen LogP contribution < -0.4 is 5.73 Å². The Labute approximate surface area is 102 Å². The summed E-state index contributed by atoms with van der Waals surface area (Å²) in [6.07, 6.45) is 0.637. The maximum Gasteiger partial charge on any atom is 0.243 e. The molecule has 0 radical (unpaired) electrons. The molecule has 84 valence electrons. The van der Waals surface area contributed by atoms with Gasteiger partial charge < -0.3 is 10.3 Å². The summed E-state index contributed by atoms with van der Waals surface area (Å²) in [5.41, 5.74) is 6.77. The van der Waals surface area contributed by atoms with Gasteiger partial charge in [-0.1, -0.05) is 39.3 Å². The Bertz CT molecular complexity index is 482. The Morgan fingerprint density at radius 3 is 2.81 bits per heavy atom. The number of benzene rings is 1. The van der Waals surface area contributed by atoms with Gasteiger partial charge in [-0.3, -0.25) is 0 Å². The first kappa shape index (κ1) is 11.3. The Morgan fingerprint density at radius 2 is 2.19 bits per heavy atom. The third kappa shape index (κ3) is 2.48. The molecule has 0 aliphatic carbocycles. The van der Waals surface area contributed by atoms with Crippen LogP contribution in [0.1, 0.15) is 30.2 Å². The topological polar surface area (TPSA) is 64.9 Å². The molecular formula is C11H12BrN3O. The van der Waals surface area contributed by atoms with Crippen molar-refractivity contribution < 1.29 is 4.52 Å². The van der Waals surface area contributed by atoms with Crippen LogP contribution >= 0.6 is 15.9 Å². The molecule has 4 nitrogen and oxygen atoms in total. The monoisotopic (exact) mass is 281 g/mol. The van der Waals surface area contributed by atoms with Crippen LogP contribution in [0.5, 0.6) is 0 Å². The first-order valence-corrected chi connectivity index (χ1v) is 5.77. The number of rotatable bonds is 3. The minimum atomic E-state index is -0.222. The predicted octanol–water partition coefficient (Wildman–Crippen LogP) is 2.44. The maximum atomic E-state index is 5.64. The van der Waals surface area contributed by atoms with Crippen LogP contribution in [0.2, 0.25) is 0 Å². The lowest BCUT2D eigenvalue weighted by molar-refractivity contribution is 0.358. The molecule has 16 heavy (non-hydrogen) atoms. The molecule has 0 aliphatic rings. The number of halogens is 1. The van der Waals surface area contributed by atoms with E-state index in [0.717, 1.165) is 10.0 Å². The SMILES string of the molecule is C[C@@H](N)c1nc(Cc2ccccc2Br)no1. The van der Waals surface area contributed by atoms with E-state index in [0.29, 0.717) is 18.1 Å². The zero-order chi connectivity index (χ0) is 11.5. The summed E-state index contributed by atoms with van der Waals surface area (Å²) < 4.78 is 6.08. The number of nitrogens with two attached hydrogens (primary N) is 1. The molecule has 0 amide bonds. The molecular weight excluding hydrogens is 270 g/mol. The first-order chi connectivity index (χ1) is 7.66. The van der Waals surface area contributed by atoms with Crippen LogP contribution in [0, 0.1) is 0 Å². The lowest BCUT2D eigenvalue weighted by Crippen LogP contribution is -2.05. The van der Waals surface area contributed by atoms with E-state index in [1.54, 1.807) is 0 Å². The molecule has 1 aromatic heterocycles. The Hall–Kier alpha value is -1.20. The van der Waals surface area contributed by atoms with Gasteiger partial charge in [0.05, 0.1) is 6.04 Å². The Kier molecular flexibility index (Phi) is 3.36. The molecule has 0 saturated carbocycles. The van der Waals surface area contributed by atoms with Crippen molar-refractivity contribution in [2.24, 2.45) is 5.73 Å². The molecule has 0 fully saturated rings. The Balaban J connectivity index is 2.18. The van der Waals surface area contributed by atoms with Crippen LogP contribution in [0.15, 0.2) is 33.3 Å². The van der Waals surface area contributed by atoms with E-state index in [1.165, 1.54) is 0 Å². The van der Waals surface area contributed by atoms with Gasteiger partial charge in [-0.2, -0.15) is 4.98 Å². The molecule has 2 rings (SSSR count). The molecule has 0 saturated heterocycles. The second kappa shape index (κ2) is 4.76. The molecule has 1 aromatic carbocycles. The largest absolute Gasteiger partial charge is 0.338 e. The fourth-order valence-corrected chi connectivity index (χ4v) is 1.76. The summed E-state index contributed by atoms with van der Waals surface area (Å²) in [6, 6.07) is 7.73. The summed E-state index contributed by atoms with van der Waals surface area (Å²) in [5.74, 6) is 1.13. The van der Waals surface area contributed by atoms with Gasteiger partial charge in [-0.15, -0.1) is 0 Å². The average molecular weight is 282 g/mol. The minimum Gasteiger partial charge on any atom is -0.338 e. The first-order valence-electron chi connectivity index (χ1n) is 4.98. The van der Waals surface area contributed by atoms with Gasteiger partial charge in [-0.25, -0.2) is 0 Å². The number of hydrogen-bond acceptors (Lipinski definition) is 4. The summed E-state index contributed by atoms with van der Waals surface area (Å²) in [4.78, 5) is 4.22. The summed E-state index contributed by atoms with van der Waals surface area (Å²) in [7, 11) is 0. The van der Waals surface area contributed by atoms with Gasteiger partial charge >= 0.3 is 0 Å². The van der Waals surface area contributed by atoms with E-state index < -0.39 is 0 Å². The van der Waals surface area contributed by atoms with Crippen LogP contribution in [0.25, 0.3) is 0 Å². The molecule has 5 heteroatoms. The zero-order valence-corrected chi connectivity index (χ0v) is 10.4. The predicted molar refractivity (Wildman–Crippen MR) is 63.8 cm³/mol.